The maximum atomic E-state index is 12.4. The molecular weight excluding hydrogens is 418 g/mol. The number of phenols is 1. The highest BCUT2D eigenvalue weighted by atomic mass is 79.9. The second-order valence-corrected chi connectivity index (χ2v) is 7.67. The van der Waals surface area contributed by atoms with Crippen LogP contribution in [0.2, 0.25) is 0 Å². The molecule has 3 N–H and O–H groups in total. The predicted octanol–water partition coefficient (Wildman–Crippen LogP) is 5.18. The lowest BCUT2D eigenvalue weighted by Gasteiger charge is -2.25. The lowest BCUT2D eigenvalue weighted by molar-refractivity contribution is 0.0652. The number of phenolic OH excluding ortho intramolecular Hbond substituents is 1. The van der Waals surface area contributed by atoms with E-state index in [1.54, 1.807) is 42.1 Å². The number of amides is 1. The Bertz CT molecular complexity index is 739. The molecule has 0 aliphatic carbocycles. The van der Waals surface area contributed by atoms with Gasteiger partial charge in [0.05, 0.1) is 0 Å². The van der Waals surface area contributed by atoms with Crippen molar-refractivity contribution >= 4 is 39.5 Å². The lowest BCUT2D eigenvalue weighted by Crippen LogP contribution is -2.22. The monoisotopic (exact) mass is 439 g/mol. The van der Waals surface area contributed by atoms with Gasteiger partial charge in [-0.15, -0.1) is 11.8 Å². The summed E-state index contributed by atoms with van der Waals surface area (Å²) in [7, 11) is 0. The molecule has 0 aliphatic rings. The zero-order valence-electron chi connectivity index (χ0n) is 14.6. The number of benzene rings is 2. The van der Waals surface area contributed by atoms with Crippen LogP contribution in [0.4, 0.5) is 10.5 Å². The van der Waals surface area contributed by atoms with E-state index < -0.39 is 12.2 Å². The fourth-order valence-electron chi connectivity index (χ4n) is 2.53. The first kappa shape index (κ1) is 20.6. The molecule has 2 atom stereocenters. The van der Waals surface area contributed by atoms with Gasteiger partial charge >= 0.3 is 6.09 Å². The number of rotatable bonds is 7. The van der Waals surface area contributed by atoms with Crippen molar-refractivity contribution in [3.05, 3.63) is 52.5 Å². The van der Waals surface area contributed by atoms with Gasteiger partial charge in [0.2, 0.25) is 0 Å². The number of thioether (sulfide) groups is 1. The minimum atomic E-state index is -0.690. The highest BCUT2D eigenvalue weighted by molar-refractivity contribution is 9.10. The van der Waals surface area contributed by atoms with E-state index >= 15 is 0 Å². The molecule has 0 aromatic heterocycles. The van der Waals surface area contributed by atoms with Crippen LogP contribution in [0.1, 0.15) is 25.0 Å². The quantitative estimate of drug-likeness (QED) is 0.517. The first-order valence-electron chi connectivity index (χ1n) is 8.15. The van der Waals surface area contributed by atoms with Gasteiger partial charge in [0.15, 0.2) is 0 Å². The second-order valence-electron chi connectivity index (χ2n) is 5.87. The number of anilines is 1. The number of ether oxygens (including phenoxy) is 1. The summed E-state index contributed by atoms with van der Waals surface area (Å²) in [6.45, 7) is 1.83. The molecule has 1 amide bonds. The number of aliphatic hydroxyl groups is 1. The normalized spacial score (nSPS) is 13.1. The van der Waals surface area contributed by atoms with Crippen LogP contribution in [0, 0.1) is 5.92 Å². The number of aliphatic hydroxyl groups excluding tert-OH is 1. The smallest absolute Gasteiger partial charge is 0.412 e. The van der Waals surface area contributed by atoms with Gasteiger partial charge < -0.3 is 14.9 Å². The third-order valence-corrected chi connectivity index (χ3v) is 5.20. The summed E-state index contributed by atoms with van der Waals surface area (Å²) in [6, 6.07) is 12.4. The van der Waals surface area contributed by atoms with Crippen LogP contribution in [0.3, 0.4) is 0 Å². The molecule has 0 aliphatic heterocycles. The molecule has 0 saturated carbocycles. The Morgan fingerprint density at radius 1 is 1.27 bits per heavy atom. The second kappa shape index (κ2) is 9.85. The molecule has 0 saturated heterocycles. The Morgan fingerprint density at radius 3 is 2.58 bits per heavy atom. The van der Waals surface area contributed by atoms with Crippen LogP contribution in [-0.4, -0.2) is 29.2 Å². The summed E-state index contributed by atoms with van der Waals surface area (Å²) < 4.78 is 6.37. The van der Waals surface area contributed by atoms with Crippen molar-refractivity contribution in [2.45, 2.75) is 24.3 Å². The Balaban J connectivity index is 2.17. The van der Waals surface area contributed by atoms with Crippen molar-refractivity contribution < 1.29 is 19.7 Å². The van der Waals surface area contributed by atoms with Gasteiger partial charge in [-0.2, -0.15) is 0 Å². The third-order valence-electron chi connectivity index (χ3n) is 3.97. The molecule has 2 rings (SSSR count). The molecule has 0 spiro atoms. The number of nitrogens with one attached hydrogen (secondary N) is 1. The first-order chi connectivity index (χ1) is 12.4. The van der Waals surface area contributed by atoms with E-state index in [4.69, 9.17) is 4.74 Å². The third kappa shape index (κ3) is 5.65. The molecule has 0 heterocycles. The molecule has 0 unspecified atom stereocenters. The number of carbonyl (C=O) groups is 1. The number of aromatic hydroxyl groups is 1. The lowest BCUT2D eigenvalue weighted by atomic mass is 9.94. The topological polar surface area (TPSA) is 78.8 Å². The molecule has 140 valence electrons. The summed E-state index contributed by atoms with van der Waals surface area (Å²) in [4.78, 5) is 13.5. The molecule has 0 fully saturated rings. The number of halogens is 1. The molecular formula is C19H22BrNO4S. The van der Waals surface area contributed by atoms with Crippen molar-refractivity contribution in [2.75, 3.05) is 18.2 Å². The maximum absolute atomic E-state index is 12.4. The van der Waals surface area contributed by atoms with Gasteiger partial charge in [-0.1, -0.05) is 22.9 Å². The number of hydrogen-bond acceptors (Lipinski definition) is 5. The van der Waals surface area contributed by atoms with Crippen molar-refractivity contribution in [1.82, 2.24) is 0 Å². The zero-order valence-corrected chi connectivity index (χ0v) is 17.0. The van der Waals surface area contributed by atoms with Gasteiger partial charge in [-0.3, -0.25) is 5.32 Å². The highest BCUT2D eigenvalue weighted by Gasteiger charge is 2.26. The standard InChI is InChI=1S/C19H22BrNO4S/c1-12(9-10-22)18(16-11-13(20)3-8-17(16)23)25-19(24)21-14-4-6-15(26-2)7-5-14/h3-8,11-12,18,22-23H,9-10H2,1-2H3,(H,21,24)/t12-,18+/m1/s1. The van der Waals surface area contributed by atoms with Gasteiger partial charge in [-0.25, -0.2) is 4.79 Å². The Kier molecular flexibility index (Phi) is 7.81. The average molecular weight is 440 g/mol. The van der Waals surface area contributed by atoms with Crippen LogP contribution >= 0.6 is 27.7 Å². The van der Waals surface area contributed by atoms with Crippen LogP contribution in [0.15, 0.2) is 51.8 Å². The van der Waals surface area contributed by atoms with Gasteiger partial charge in [0.25, 0.3) is 0 Å². The molecule has 2 aromatic rings. The van der Waals surface area contributed by atoms with Gasteiger partial charge in [0, 0.05) is 27.2 Å². The summed E-state index contributed by atoms with van der Waals surface area (Å²) in [5, 5.41) is 22.1. The van der Waals surface area contributed by atoms with Crippen LogP contribution in [0.25, 0.3) is 0 Å². The largest absolute Gasteiger partial charge is 0.508 e. The van der Waals surface area contributed by atoms with Gasteiger partial charge in [-0.05, 0) is 61.1 Å². The van der Waals surface area contributed by atoms with Crippen molar-refractivity contribution in [1.29, 1.82) is 0 Å². The summed E-state index contributed by atoms with van der Waals surface area (Å²) in [5.41, 5.74) is 1.12. The Hall–Kier alpha value is -1.70. The van der Waals surface area contributed by atoms with E-state index in [0.717, 1.165) is 9.37 Å². The van der Waals surface area contributed by atoms with Crippen molar-refractivity contribution in [3.63, 3.8) is 0 Å². The van der Waals surface area contributed by atoms with Crippen LogP contribution in [0.5, 0.6) is 5.75 Å². The number of hydrogen-bond donors (Lipinski definition) is 3. The van der Waals surface area contributed by atoms with Gasteiger partial charge in [0.1, 0.15) is 11.9 Å². The van der Waals surface area contributed by atoms with E-state index in [2.05, 4.69) is 21.2 Å². The van der Waals surface area contributed by atoms with E-state index in [1.807, 2.05) is 25.3 Å². The average Bonchev–Trinajstić information content (AvgIpc) is 2.62. The minimum Gasteiger partial charge on any atom is -0.508 e. The summed E-state index contributed by atoms with van der Waals surface area (Å²) in [6.07, 6.45) is 1.11. The fraction of sp³-hybridized carbons (Fsp3) is 0.316. The van der Waals surface area contributed by atoms with E-state index in [-0.39, 0.29) is 18.3 Å². The van der Waals surface area contributed by atoms with E-state index in [0.29, 0.717) is 17.7 Å². The fourth-order valence-corrected chi connectivity index (χ4v) is 3.32. The number of carbonyl (C=O) groups excluding carboxylic acids is 1. The summed E-state index contributed by atoms with van der Waals surface area (Å²) >= 11 is 4.98. The van der Waals surface area contributed by atoms with Crippen molar-refractivity contribution in [3.8, 4) is 5.75 Å². The van der Waals surface area contributed by atoms with Crippen LogP contribution < -0.4 is 5.32 Å². The summed E-state index contributed by atoms with van der Waals surface area (Å²) in [5.74, 6) is -0.134. The molecule has 2 aromatic carbocycles. The maximum Gasteiger partial charge on any atom is 0.412 e. The van der Waals surface area contributed by atoms with Crippen LogP contribution in [-0.2, 0) is 4.74 Å². The Morgan fingerprint density at radius 2 is 1.96 bits per heavy atom. The van der Waals surface area contributed by atoms with Crippen molar-refractivity contribution in [2.24, 2.45) is 5.92 Å². The molecule has 5 nitrogen and oxygen atoms in total. The molecule has 7 heteroatoms. The van der Waals surface area contributed by atoms with E-state index in [1.165, 1.54) is 0 Å². The first-order valence-corrected chi connectivity index (χ1v) is 10.2. The SMILES string of the molecule is CSc1ccc(NC(=O)O[C@H](c2cc(Br)ccc2O)[C@H](C)CCO)cc1. The predicted molar refractivity (Wildman–Crippen MR) is 108 cm³/mol. The zero-order chi connectivity index (χ0) is 19.1. The highest BCUT2D eigenvalue weighted by Crippen LogP contribution is 2.36. The minimum absolute atomic E-state index is 0.0342. The molecule has 26 heavy (non-hydrogen) atoms. The molecule has 0 bridgehead atoms. The Labute approximate surface area is 165 Å². The molecule has 0 radical (unpaired) electrons. The van der Waals surface area contributed by atoms with E-state index in [9.17, 15) is 15.0 Å².